The molecule has 4 rings (SSSR count). The Kier molecular flexibility index (Phi) is 9.69. The van der Waals surface area contributed by atoms with Crippen molar-refractivity contribution in [1.82, 2.24) is 10.9 Å². The fourth-order valence-corrected chi connectivity index (χ4v) is 5.70. The van der Waals surface area contributed by atoms with Gasteiger partial charge >= 0.3 is 0 Å². The second-order valence-corrected chi connectivity index (χ2v) is 11.6. The third-order valence-electron chi connectivity index (χ3n) is 6.71. The highest BCUT2D eigenvalue weighted by Crippen LogP contribution is 2.33. The molecule has 0 unspecified atom stereocenters. The number of carbonyl (C=O) groups excluding carboxylic acids is 1. The zero-order valence-corrected chi connectivity index (χ0v) is 23.2. The van der Waals surface area contributed by atoms with E-state index in [1.54, 1.807) is 49.4 Å². The Bertz CT molecular complexity index is 1470. The zero-order valence-electron chi connectivity index (χ0n) is 22.3. The summed E-state index contributed by atoms with van der Waals surface area (Å²) in [5.74, 6) is -1.99. The SMILES string of the molecule is C[C@@H]1OC(c2ccc(OCCCO)cc2)=N[C@]1(CCS(=O)(=O)c1ccccc1)C(=O)NNCc1c(F)cccc1F. The van der Waals surface area contributed by atoms with Crippen molar-refractivity contribution < 1.29 is 36.6 Å². The number of hydrazine groups is 1. The van der Waals surface area contributed by atoms with Crippen molar-refractivity contribution in [2.75, 3.05) is 19.0 Å². The van der Waals surface area contributed by atoms with Crippen LogP contribution in [0, 0.1) is 11.6 Å². The Morgan fingerprint density at radius 1 is 1.05 bits per heavy atom. The molecule has 3 N–H and O–H groups in total. The molecule has 2 atom stereocenters. The third-order valence-corrected chi connectivity index (χ3v) is 8.44. The minimum Gasteiger partial charge on any atom is -0.494 e. The average Bonchev–Trinajstić information content (AvgIpc) is 3.31. The molecule has 12 heteroatoms. The first kappa shape index (κ1) is 30.1. The molecule has 0 saturated carbocycles. The van der Waals surface area contributed by atoms with Crippen LogP contribution in [-0.2, 0) is 25.9 Å². The number of rotatable bonds is 13. The van der Waals surface area contributed by atoms with Gasteiger partial charge in [-0.1, -0.05) is 24.3 Å². The van der Waals surface area contributed by atoms with Gasteiger partial charge in [0.25, 0.3) is 5.91 Å². The molecular weight excluding hydrogens is 556 g/mol. The number of sulfone groups is 1. The van der Waals surface area contributed by atoms with E-state index >= 15 is 0 Å². The summed E-state index contributed by atoms with van der Waals surface area (Å²) in [7, 11) is -3.78. The molecule has 1 amide bonds. The molecule has 3 aromatic carbocycles. The van der Waals surface area contributed by atoms with Gasteiger partial charge in [-0.3, -0.25) is 10.2 Å². The van der Waals surface area contributed by atoms with Gasteiger partial charge in [-0.2, -0.15) is 0 Å². The summed E-state index contributed by atoms with van der Waals surface area (Å²) in [5.41, 5.74) is 3.57. The number of nitrogens with zero attached hydrogens (tertiary/aromatic N) is 1. The molecule has 9 nitrogen and oxygen atoms in total. The van der Waals surface area contributed by atoms with Crippen LogP contribution >= 0.6 is 0 Å². The summed E-state index contributed by atoms with van der Waals surface area (Å²) in [5, 5.41) is 8.93. The van der Waals surface area contributed by atoms with Crippen molar-refractivity contribution in [3.05, 3.63) is 95.6 Å². The molecule has 0 spiro atoms. The van der Waals surface area contributed by atoms with Gasteiger partial charge < -0.3 is 14.6 Å². The molecule has 1 aliphatic heterocycles. The highest BCUT2D eigenvalue weighted by molar-refractivity contribution is 7.91. The van der Waals surface area contributed by atoms with E-state index < -0.39 is 44.8 Å². The lowest BCUT2D eigenvalue weighted by Crippen LogP contribution is -2.55. The topological polar surface area (TPSA) is 126 Å². The Balaban J connectivity index is 1.58. The first-order chi connectivity index (χ1) is 19.7. The highest BCUT2D eigenvalue weighted by Gasteiger charge is 2.50. The smallest absolute Gasteiger partial charge is 0.266 e. The minimum atomic E-state index is -3.78. The van der Waals surface area contributed by atoms with E-state index in [4.69, 9.17) is 14.6 Å². The van der Waals surface area contributed by atoms with Crippen LogP contribution in [0.15, 0.2) is 82.7 Å². The van der Waals surface area contributed by atoms with Crippen molar-refractivity contribution in [1.29, 1.82) is 0 Å². The van der Waals surface area contributed by atoms with E-state index in [0.717, 1.165) is 12.1 Å². The fourth-order valence-electron chi connectivity index (χ4n) is 4.31. The van der Waals surface area contributed by atoms with Crippen molar-refractivity contribution >= 4 is 21.6 Å². The van der Waals surface area contributed by atoms with Crippen LogP contribution in [-0.4, -0.2) is 55.9 Å². The molecule has 218 valence electrons. The van der Waals surface area contributed by atoms with E-state index in [1.165, 1.54) is 18.2 Å². The lowest BCUT2D eigenvalue weighted by Gasteiger charge is -2.28. The Morgan fingerprint density at radius 2 is 1.73 bits per heavy atom. The average molecular weight is 588 g/mol. The maximum Gasteiger partial charge on any atom is 0.266 e. The third kappa shape index (κ3) is 7.07. The first-order valence-electron chi connectivity index (χ1n) is 13.0. The second kappa shape index (κ2) is 13.2. The molecule has 1 aliphatic rings. The summed E-state index contributed by atoms with van der Waals surface area (Å²) in [6.45, 7) is 1.60. The van der Waals surface area contributed by atoms with Gasteiger partial charge in [-0.25, -0.2) is 27.6 Å². The van der Waals surface area contributed by atoms with Crippen LogP contribution in [0.3, 0.4) is 0 Å². The van der Waals surface area contributed by atoms with E-state index in [0.29, 0.717) is 24.3 Å². The van der Waals surface area contributed by atoms with E-state index in [9.17, 15) is 22.0 Å². The number of carbonyl (C=O) groups is 1. The normalized spacial score (nSPS) is 18.4. The Morgan fingerprint density at radius 3 is 2.39 bits per heavy atom. The highest BCUT2D eigenvalue weighted by atomic mass is 32.2. The van der Waals surface area contributed by atoms with Gasteiger partial charge in [0.1, 0.15) is 23.5 Å². The molecule has 0 radical (unpaired) electrons. The van der Waals surface area contributed by atoms with Crippen LogP contribution in [0.5, 0.6) is 5.75 Å². The number of aliphatic hydroxyl groups excluding tert-OH is 1. The Labute approximate surface area is 237 Å². The van der Waals surface area contributed by atoms with Gasteiger partial charge in [0.05, 0.1) is 17.3 Å². The lowest BCUT2D eigenvalue weighted by atomic mass is 9.90. The maximum absolute atomic E-state index is 14.1. The number of ether oxygens (including phenoxy) is 2. The number of nitrogens with one attached hydrogen (secondary N) is 2. The molecule has 0 aliphatic carbocycles. The number of aliphatic hydroxyl groups is 1. The molecule has 3 aromatic rings. The monoisotopic (exact) mass is 587 g/mol. The molecular formula is C29H31F2N3O6S. The maximum atomic E-state index is 14.1. The van der Waals surface area contributed by atoms with Crippen molar-refractivity contribution in [2.24, 2.45) is 4.99 Å². The quantitative estimate of drug-likeness (QED) is 0.207. The molecule has 1 heterocycles. The van der Waals surface area contributed by atoms with Gasteiger partial charge in [-0.15, -0.1) is 0 Å². The molecule has 0 saturated heterocycles. The predicted octanol–water partition coefficient (Wildman–Crippen LogP) is 3.32. The van der Waals surface area contributed by atoms with Crippen molar-refractivity contribution in [3.63, 3.8) is 0 Å². The van der Waals surface area contributed by atoms with Crippen LogP contribution in [0.2, 0.25) is 0 Å². The van der Waals surface area contributed by atoms with Crippen molar-refractivity contribution in [2.45, 2.75) is 42.8 Å². The van der Waals surface area contributed by atoms with E-state index in [-0.39, 0.29) is 35.9 Å². The van der Waals surface area contributed by atoms with E-state index in [2.05, 4.69) is 15.8 Å². The molecule has 0 aromatic heterocycles. The van der Waals surface area contributed by atoms with Crippen LogP contribution in [0.25, 0.3) is 0 Å². The van der Waals surface area contributed by atoms with Crippen LogP contribution in [0.1, 0.15) is 30.9 Å². The number of aliphatic imine (C=N–C) groups is 1. The molecule has 41 heavy (non-hydrogen) atoms. The summed E-state index contributed by atoms with van der Waals surface area (Å²) < 4.78 is 65.8. The summed E-state index contributed by atoms with van der Waals surface area (Å²) >= 11 is 0. The molecule has 0 fully saturated rings. The zero-order chi connectivity index (χ0) is 29.5. The number of hydrogen-bond acceptors (Lipinski definition) is 8. The second-order valence-electron chi connectivity index (χ2n) is 9.44. The van der Waals surface area contributed by atoms with Crippen molar-refractivity contribution in [3.8, 4) is 5.75 Å². The Hall–Kier alpha value is -3.87. The first-order valence-corrected chi connectivity index (χ1v) is 14.7. The van der Waals surface area contributed by atoms with Gasteiger partial charge in [0.2, 0.25) is 5.90 Å². The standard InChI is InChI=1S/C29H31F2N3O6S/c1-20-29(15-18-41(37,38)23-7-3-2-4-8-23,28(36)34-32-19-24-25(30)9-5-10-26(24)31)33-27(40-20)21-11-13-22(14-12-21)39-17-6-16-35/h2-5,7-14,20,32,35H,6,15-19H2,1H3,(H,34,36)/t20-,29-/m0/s1. The van der Waals surface area contributed by atoms with E-state index in [1.807, 2.05) is 0 Å². The summed E-state index contributed by atoms with van der Waals surface area (Å²) in [4.78, 5) is 18.3. The van der Waals surface area contributed by atoms with Gasteiger partial charge in [-0.05, 0) is 61.9 Å². The lowest BCUT2D eigenvalue weighted by molar-refractivity contribution is -0.129. The summed E-state index contributed by atoms with van der Waals surface area (Å²) in [6.07, 6.45) is -0.620. The van der Waals surface area contributed by atoms with Gasteiger partial charge in [0, 0.05) is 30.7 Å². The number of amides is 1. The molecule has 0 bridgehead atoms. The number of hydrogen-bond donors (Lipinski definition) is 3. The van der Waals surface area contributed by atoms with Gasteiger partial charge in [0.15, 0.2) is 15.4 Å². The number of halogens is 2. The minimum absolute atomic E-state index is 0.00877. The van der Waals surface area contributed by atoms with Crippen LogP contribution in [0.4, 0.5) is 8.78 Å². The largest absolute Gasteiger partial charge is 0.494 e. The van der Waals surface area contributed by atoms with Crippen LogP contribution < -0.4 is 15.6 Å². The summed E-state index contributed by atoms with van der Waals surface area (Å²) in [6, 6.07) is 18.0. The fraction of sp³-hybridized carbons (Fsp3) is 0.310. The predicted molar refractivity (Wildman–Crippen MR) is 148 cm³/mol. The number of benzene rings is 3.